The molecular formula is C47H51Cl2N7O8. The van der Waals surface area contributed by atoms with E-state index in [9.17, 15) is 19.2 Å². The molecule has 5 aliphatic heterocycles. The molecule has 0 bridgehead atoms. The van der Waals surface area contributed by atoms with E-state index in [2.05, 4.69) is 38.5 Å². The first-order chi connectivity index (χ1) is 31.1. The van der Waals surface area contributed by atoms with E-state index < -0.39 is 24.3 Å². The molecule has 7 aliphatic rings. The minimum atomic E-state index is -0.727. The van der Waals surface area contributed by atoms with Gasteiger partial charge in [0.25, 0.3) is 0 Å². The van der Waals surface area contributed by atoms with E-state index in [-0.39, 0.29) is 53.0 Å². The topological polar surface area (TPSA) is 177 Å². The maximum absolute atomic E-state index is 14.3. The molecule has 10 rings (SSSR count). The number of aromatic nitrogens is 2. The number of allylic oxidation sites excluding steroid dienone is 1. The van der Waals surface area contributed by atoms with Crippen molar-refractivity contribution in [1.29, 1.82) is 0 Å². The molecule has 17 heteroatoms. The summed E-state index contributed by atoms with van der Waals surface area (Å²) >= 11 is 13.6. The number of halogens is 2. The van der Waals surface area contributed by atoms with Crippen LogP contribution in [0, 0.1) is 35.5 Å². The summed E-state index contributed by atoms with van der Waals surface area (Å²) in [4.78, 5) is 70.0. The summed E-state index contributed by atoms with van der Waals surface area (Å²) in [6.07, 6.45) is 5.43. The molecule has 4 saturated heterocycles. The van der Waals surface area contributed by atoms with E-state index in [4.69, 9.17) is 47.1 Å². The average Bonchev–Trinajstić information content (AvgIpc) is 4.04. The number of aliphatic imine (C=N–C) groups is 1. The van der Waals surface area contributed by atoms with Gasteiger partial charge in [-0.25, -0.2) is 19.6 Å². The molecule has 2 aliphatic carbocycles. The average molecular weight is 913 g/mol. The van der Waals surface area contributed by atoms with Gasteiger partial charge in [-0.15, -0.1) is 0 Å². The lowest BCUT2D eigenvalue weighted by atomic mass is 9.90. The largest absolute Gasteiger partial charge is 0.453 e. The summed E-state index contributed by atoms with van der Waals surface area (Å²) in [7, 11) is 2.61. The monoisotopic (exact) mass is 911 g/mol. The number of alkyl carbamates (subject to hydrolysis) is 2. The standard InChI is InChI=1S/C47H51Cl2N7O8/c1-61-46(59)52-39(25-9-13-63-14-10-25)44(57)55-35-19-30(35)21-37(55)34-23-32(41(48)50-34)29-7-6-27-17-24(3-5-28(27)18-29)4-8-33-42(49)54-43(51-33)38-22-31-20-36(31)56(38)45(58)40(53-47(60)62-2)26-11-15-64-16-12-26/h3,5-7,17-18,25-26,30-31,35-40H,9-16,19-23H2,1-2H3,(H,51,54)(H,52,59)(H,53,60)/t30-,31-,35-,36-,37+,38+,39+,40+/m1/s1. The van der Waals surface area contributed by atoms with Crippen molar-refractivity contribution < 1.29 is 38.1 Å². The van der Waals surface area contributed by atoms with Crippen LogP contribution < -0.4 is 10.6 Å². The van der Waals surface area contributed by atoms with E-state index in [0.717, 1.165) is 58.9 Å². The van der Waals surface area contributed by atoms with E-state index in [1.165, 1.54) is 14.2 Å². The lowest BCUT2D eigenvalue weighted by molar-refractivity contribution is -0.138. The Bertz CT molecular complexity index is 2500. The van der Waals surface area contributed by atoms with E-state index in [1.54, 1.807) is 0 Å². The van der Waals surface area contributed by atoms with Gasteiger partial charge in [-0.2, -0.15) is 0 Å². The maximum Gasteiger partial charge on any atom is 0.407 e. The molecular weight excluding hydrogens is 861 g/mol. The predicted molar refractivity (Wildman–Crippen MR) is 237 cm³/mol. The van der Waals surface area contributed by atoms with Gasteiger partial charge in [0.05, 0.1) is 26.3 Å². The van der Waals surface area contributed by atoms with Gasteiger partial charge in [0, 0.05) is 61.8 Å². The van der Waals surface area contributed by atoms with Crippen LogP contribution in [0.4, 0.5) is 9.59 Å². The SMILES string of the molecule is COC(=O)N[C@H](C(=O)N1[C@@H]2C[C@@H]2C[C@H]1C1=NC(Cl)=C(c2ccc3cc(C#Cc4[nH]c([C@@H]5C[C@H]6C[C@H]6N5C(=O)[C@@H](NC(=O)OC)C5CCOCC5)nc4Cl)ccc3c2)C1)C1CCOCC1. The number of amides is 4. The normalized spacial score (nSPS) is 27.2. The zero-order valence-electron chi connectivity index (χ0n) is 35.7. The summed E-state index contributed by atoms with van der Waals surface area (Å²) in [5.41, 5.74) is 3.99. The van der Waals surface area contributed by atoms with Gasteiger partial charge in [-0.1, -0.05) is 47.3 Å². The Morgan fingerprint density at radius 1 is 0.766 bits per heavy atom. The fourth-order valence-corrected chi connectivity index (χ4v) is 11.3. The Morgan fingerprint density at radius 2 is 1.33 bits per heavy atom. The van der Waals surface area contributed by atoms with Crippen molar-refractivity contribution in [1.82, 2.24) is 30.4 Å². The van der Waals surface area contributed by atoms with Crippen LogP contribution in [0.1, 0.15) is 86.5 Å². The van der Waals surface area contributed by atoms with Gasteiger partial charge < -0.3 is 44.4 Å². The minimum absolute atomic E-state index is 0.0420. The molecule has 3 aromatic rings. The molecule has 8 atom stereocenters. The Balaban J connectivity index is 0.820. The van der Waals surface area contributed by atoms with E-state index in [0.29, 0.717) is 87.0 Å². The Labute approximate surface area is 380 Å². The minimum Gasteiger partial charge on any atom is -0.453 e. The number of imidazole rings is 1. The number of H-pyrrole nitrogens is 1. The number of ether oxygens (including phenoxy) is 4. The van der Waals surface area contributed by atoms with Crippen LogP contribution in [-0.2, 0) is 28.5 Å². The third-order valence-corrected chi connectivity index (χ3v) is 15.0. The number of methoxy groups -OCH3 is 2. The lowest BCUT2D eigenvalue weighted by Crippen LogP contribution is -2.56. The molecule has 1 aromatic heterocycles. The van der Waals surface area contributed by atoms with Crippen molar-refractivity contribution in [3.63, 3.8) is 0 Å². The smallest absolute Gasteiger partial charge is 0.407 e. The molecule has 6 fully saturated rings. The summed E-state index contributed by atoms with van der Waals surface area (Å²) < 4.78 is 20.9. The number of rotatable bonds is 9. The molecule has 336 valence electrons. The number of likely N-dealkylation sites (tertiary alicyclic amines) is 2. The zero-order chi connectivity index (χ0) is 44.2. The summed E-state index contributed by atoms with van der Waals surface area (Å²) in [5.74, 6) is 7.43. The number of aromatic amines is 1. The van der Waals surface area contributed by atoms with Crippen molar-refractivity contribution in [3.05, 3.63) is 69.4 Å². The second-order valence-electron chi connectivity index (χ2n) is 18.1. The first-order valence-corrected chi connectivity index (χ1v) is 23.1. The predicted octanol–water partition coefficient (Wildman–Crippen LogP) is 6.32. The highest BCUT2D eigenvalue weighted by atomic mass is 35.5. The second kappa shape index (κ2) is 17.7. The lowest BCUT2D eigenvalue weighted by Gasteiger charge is -2.36. The Kier molecular flexibility index (Phi) is 11.8. The zero-order valence-corrected chi connectivity index (χ0v) is 37.3. The highest BCUT2D eigenvalue weighted by molar-refractivity contribution is 6.35. The molecule has 64 heavy (non-hydrogen) atoms. The van der Waals surface area contributed by atoms with Gasteiger partial charge in [0.15, 0.2) is 5.15 Å². The first kappa shape index (κ1) is 42.8. The van der Waals surface area contributed by atoms with Crippen LogP contribution in [0.2, 0.25) is 5.15 Å². The molecule has 2 aromatic carbocycles. The van der Waals surface area contributed by atoms with Gasteiger partial charge in [-0.05, 0) is 115 Å². The molecule has 2 saturated carbocycles. The maximum atomic E-state index is 14.3. The van der Waals surface area contributed by atoms with Gasteiger partial charge in [0.2, 0.25) is 11.8 Å². The van der Waals surface area contributed by atoms with Crippen LogP contribution in [0.25, 0.3) is 16.3 Å². The molecule has 4 amide bonds. The Morgan fingerprint density at radius 3 is 1.94 bits per heavy atom. The van der Waals surface area contributed by atoms with Gasteiger partial charge in [-0.3, -0.25) is 9.59 Å². The van der Waals surface area contributed by atoms with Crippen molar-refractivity contribution in [2.24, 2.45) is 28.7 Å². The van der Waals surface area contributed by atoms with Crippen molar-refractivity contribution in [2.45, 2.75) is 94.0 Å². The van der Waals surface area contributed by atoms with Crippen LogP contribution in [0.5, 0.6) is 0 Å². The van der Waals surface area contributed by atoms with Crippen LogP contribution in [-0.4, -0.2) is 120 Å². The van der Waals surface area contributed by atoms with Crippen LogP contribution in [0.3, 0.4) is 0 Å². The van der Waals surface area contributed by atoms with Crippen molar-refractivity contribution in [3.8, 4) is 11.8 Å². The van der Waals surface area contributed by atoms with Gasteiger partial charge >= 0.3 is 12.2 Å². The van der Waals surface area contributed by atoms with Crippen molar-refractivity contribution in [2.75, 3.05) is 40.6 Å². The molecule has 6 heterocycles. The number of benzene rings is 2. The van der Waals surface area contributed by atoms with E-state index in [1.807, 2.05) is 40.1 Å². The third-order valence-electron chi connectivity index (χ3n) is 14.4. The highest BCUT2D eigenvalue weighted by Gasteiger charge is 2.58. The number of hydrogen-bond donors (Lipinski definition) is 3. The van der Waals surface area contributed by atoms with Crippen LogP contribution in [0.15, 0.2) is 46.5 Å². The number of carbonyl (C=O) groups excluding carboxylic acids is 4. The fourth-order valence-electron chi connectivity index (χ4n) is 10.8. The van der Waals surface area contributed by atoms with E-state index >= 15 is 0 Å². The highest BCUT2D eigenvalue weighted by Crippen LogP contribution is 2.54. The fraction of sp³-hybridized carbons (Fsp3) is 0.532. The number of nitrogens with zero attached hydrogens (tertiary/aromatic N) is 4. The molecule has 0 radical (unpaired) electrons. The molecule has 3 N–H and O–H groups in total. The number of fused-ring (bicyclic) bond motifs is 3. The third kappa shape index (κ3) is 8.34. The number of nitrogens with one attached hydrogen (secondary N) is 3. The number of hydrogen-bond acceptors (Lipinski definition) is 10. The molecule has 0 unspecified atom stereocenters. The number of piperidine rings is 2. The summed E-state index contributed by atoms with van der Waals surface area (Å²) in [6.45, 7) is 2.17. The molecule has 0 spiro atoms. The quantitative estimate of drug-likeness (QED) is 0.164. The first-order valence-electron chi connectivity index (χ1n) is 22.3. The summed E-state index contributed by atoms with van der Waals surface area (Å²) in [6, 6.07) is 10.5. The van der Waals surface area contributed by atoms with Gasteiger partial charge in [0.1, 0.15) is 28.8 Å². The van der Waals surface area contributed by atoms with Crippen molar-refractivity contribution >= 4 is 69.3 Å². The molecule has 15 nitrogen and oxygen atoms in total. The summed E-state index contributed by atoms with van der Waals surface area (Å²) in [5, 5.41) is 8.33. The Hall–Kier alpha value is -5.14. The van der Waals surface area contributed by atoms with Crippen LogP contribution >= 0.6 is 23.2 Å². The number of carbonyl (C=O) groups is 4. The second-order valence-corrected chi connectivity index (χ2v) is 18.8.